The average molecular weight is 212 g/mol. The Morgan fingerprint density at radius 1 is 1.06 bits per heavy atom. The third-order valence-corrected chi connectivity index (χ3v) is 2.59. The van der Waals surface area contributed by atoms with Crippen LogP contribution in [0, 0.1) is 12.7 Å². The van der Waals surface area contributed by atoms with E-state index in [9.17, 15) is 4.39 Å². The van der Waals surface area contributed by atoms with E-state index in [2.05, 4.69) is 6.58 Å². The van der Waals surface area contributed by atoms with Crippen molar-refractivity contribution in [2.24, 2.45) is 0 Å². The van der Waals surface area contributed by atoms with Gasteiger partial charge in [0.25, 0.3) is 0 Å². The second-order valence-corrected chi connectivity index (χ2v) is 3.81. The summed E-state index contributed by atoms with van der Waals surface area (Å²) < 4.78 is 13.7. The van der Waals surface area contributed by atoms with Crippen LogP contribution in [0.1, 0.15) is 11.1 Å². The molecule has 0 fully saturated rings. The van der Waals surface area contributed by atoms with E-state index in [1.54, 1.807) is 12.1 Å². The Balaban J connectivity index is 2.54. The first-order valence-corrected chi connectivity index (χ1v) is 5.20. The molecule has 0 spiro atoms. The minimum absolute atomic E-state index is 0.200. The fourth-order valence-electron chi connectivity index (χ4n) is 1.62. The van der Waals surface area contributed by atoms with Crippen LogP contribution < -0.4 is 0 Å². The minimum atomic E-state index is -0.200. The Hall–Kier alpha value is -1.89. The summed E-state index contributed by atoms with van der Waals surface area (Å²) in [5.74, 6) is -0.200. The Morgan fingerprint density at radius 2 is 1.75 bits per heavy atom. The van der Waals surface area contributed by atoms with Crippen molar-refractivity contribution < 1.29 is 4.39 Å². The molecule has 0 nitrogen and oxygen atoms in total. The molecular weight excluding hydrogens is 199 g/mol. The fraction of sp³-hybridized carbons (Fsp3) is 0.0667. The van der Waals surface area contributed by atoms with Gasteiger partial charge in [0.05, 0.1) is 0 Å². The van der Waals surface area contributed by atoms with Crippen LogP contribution in [0.2, 0.25) is 0 Å². The molecule has 0 atom stereocenters. The molecule has 0 aliphatic heterocycles. The van der Waals surface area contributed by atoms with Crippen LogP contribution in [0.5, 0.6) is 0 Å². The molecule has 0 bridgehead atoms. The Morgan fingerprint density at radius 3 is 2.38 bits per heavy atom. The lowest BCUT2D eigenvalue weighted by Crippen LogP contribution is -1.85. The van der Waals surface area contributed by atoms with Gasteiger partial charge in [0.1, 0.15) is 5.82 Å². The monoisotopic (exact) mass is 212 g/mol. The number of halogens is 1. The zero-order valence-corrected chi connectivity index (χ0v) is 9.20. The van der Waals surface area contributed by atoms with Crippen molar-refractivity contribution in [2.45, 2.75) is 6.92 Å². The van der Waals surface area contributed by atoms with Crippen LogP contribution >= 0.6 is 0 Å². The number of benzene rings is 2. The van der Waals surface area contributed by atoms with Crippen molar-refractivity contribution >= 4 is 6.08 Å². The van der Waals surface area contributed by atoms with E-state index in [1.807, 2.05) is 37.3 Å². The van der Waals surface area contributed by atoms with E-state index in [4.69, 9.17) is 0 Å². The summed E-state index contributed by atoms with van der Waals surface area (Å²) in [7, 11) is 0. The molecule has 0 amide bonds. The van der Waals surface area contributed by atoms with Gasteiger partial charge in [0.15, 0.2) is 0 Å². The van der Waals surface area contributed by atoms with Crippen LogP contribution in [-0.4, -0.2) is 0 Å². The molecular formula is C15H13F. The van der Waals surface area contributed by atoms with E-state index in [1.165, 1.54) is 11.6 Å². The predicted octanol–water partition coefficient (Wildman–Crippen LogP) is 4.44. The maximum Gasteiger partial charge on any atom is 0.131 e. The highest BCUT2D eigenvalue weighted by molar-refractivity contribution is 5.68. The van der Waals surface area contributed by atoms with Crippen LogP contribution in [0.25, 0.3) is 17.2 Å². The quantitative estimate of drug-likeness (QED) is 0.690. The van der Waals surface area contributed by atoms with Crippen LogP contribution in [0.3, 0.4) is 0 Å². The number of aryl methyl sites for hydroxylation is 1. The molecule has 0 aliphatic rings. The van der Waals surface area contributed by atoms with Crippen LogP contribution in [-0.2, 0) is 0 Å². The Bertz CT molecular complexity index is 509. The highest BCUT2D eigenvalue weighted by atomic mass is 19.1. The number of hydrogen-bond acceptors (Lipinski definition) is 0. The van der Waals surface area contributed by atoms with Gasteiger partial charge in [0, 0.05) is 5.56 Å². The second-order valence-electron chi connectivity index (χ2n) is 3.81. The van der Waals surface area contributed by atoms with E-state index < -0.39 is 0 Å². The predicted molar refractivity (Wildman–Crippen MR) is 66.7 cm³/mol. The van der Waals surface area contributed by atoms with Gasteiger partial charge in [-0.2, -0.15) is 0 Å². The van der Waals surface area contributed by atoms with Gasteiger partial charge in [0.2, 0.25) is 0 Å². The zero-order chi connectivity index (χ0) is 11.5. The Labute approximate surface area is 95.1 Å². The molecule has 0 radical (unpaired) electrons. The lowest BCUT2D eigenvalue weighted by Gasteiger charge is -2.05. The molecule has 0 N–H and O–H groups in total. The van der Waals surface area contributed by atoms with Gasteiger partial charge in [-0.15, -0.1) is 0 Å². The van der Waals surface area contributed by atoms with Gasteiger partial charge in [-0.3, -0.25) is 0 Å². The van der Waals surface area contributed by atoms with Crippen molar-refractivity contribution in [1.29, 1.82) is 0 Å². The smallest absolute Gasteiger partial charge is 0.131 e. The summed E-state index contributed by atoms with van der Waals surface area (Å²) in [6.07, 6.45) is 1.72. The highest BCUT2D eigenvalue weighted by Crippen LogP contribution is 2.24. The normalized spacial score (nSPS) is 10.1. The van der Waals surface area contributed by atoms with E-state index in [0.29, 0.717) is 5.56 Å². The van der Waals surface area contributed by atoms with Gasteiger partial charge in [-0.25, -0.2) is 4.39 Å². The molecule has 1 heteroatoms. The van der Waals surface area contributed by atoms with Gasteiger partial charge >= 0.3 is 0 Å². The van der Waals surface area contributed by atoms with E-state index in [0.717, 1.165) is 11.1 Å². The van der Waals surface area contributed by atoms with Crippen LogP contribution in [0.4, 0.5) is 4.39 Å². The first-order chi connectivity index (χ1) is 7.70. The molecule has 16 heavy (non-hydrogen) atoms. The fourth-order valence-corrected chi connectivity index (χ4v) is 1.62. The van der Waals surface area contributed by atoms with Crippen molar-refractivity contribution in [1.82, 2.24) is 0 Å². The van der Waals surface area contributed by atoms with Crippen molar-refractivity contribution in [2.75, 3.05) is 0 Å². The van der Waals surface area contributed by atoms with Crippen molar-refractivity contribution in [3.8, 4) is 11.1 Å². The minimum Gasteiger partial charge on any atom is -0.206 e. The second kappa shape index (κ2) is 4.31. The molecule has 2 rings (SSSR count). The molecule has 2 aromatic rings. The number of rotatable bonds is 2. The summed E-state index contributed by atoms with van der Waals surface area (Å²) in [6.45, 7) is 5.70. The molecule has 0 saturated heterocycles. The third kappa shape index (κ3) is 2.03. The first-order valence-electron chi connectivity index (χ1n) is 5.20. The molecule has 0 unspecified atom stereocenters. The highest BCUT2D eigenvalue weighted by Gasteiger charge is 2.04. The number of hydrogen-bond donors (Lipinski definition) is 0. The van der Waals surface area contributed by atoms with E-state index in [-0.39, 0.29) is 5.82 Å². The molecule has 2 aromatic carbocycles. The van der Waals surface area contributed by atoms with Gasteiger partial charge in [-0.05, 0) is 30.2 Å². The van der Waals surface area contributed by atoms with Crippen molar-refractivity contribution in [3.05, 3.63) is 66.0 Å². The molecule has 80 valence electrons. The lowest BCUT2D eigenvalue weighted by atomic mass is 10.0. The SMILES string of the molecule is C=Cc1ccc(F)c(-c2ccc(C)cc2)c1. The summed E-state index contributed by atoms with van der Waals surface area (Å²) >= 11 is 0. The first kappa shape index (κ1) is 10.6. The molecule has 0 aliphatic carbocycles. The summed E-state index contributed by atoms with van der Waals surface area (Å²) in [5.41, 5.74) is 3.62. The molecule has 0 heterocycles. The maximum absolute atomic E-state index is 13.7. The van der Waals surface area contributed by atoms with Crippen molar-refractivity contribution in [3.63, 3.8) is 0 Å². The molecule has 0 aromatic heterocycles. The maximum atomic E-state index is 13.7. The van der Waals surface area contributed by atoms with Crippen LogP contribution in [0.15, 0.2) is 49.0 Å². The molecule has 0 saturated carbocycles. The Kier molecular flexibility index (Phi) is 2.86. The summed E-state index contributed by atoms with van der Waals surface area (Å²) in [6, 6.07) is 12.8. The van der Waals surface area contributed by atoms with E-state index >= 15 is 0 Å². The average Bonchev–Trinajstić information content (AvgIpc) is 2.31. The zero-order valence-electron chi connectivity index (χ0n) is 9.20. The van der Waals surface area contributed by atoms with Gasteiger partial charge in [-0.1, -0.05) is 48.6 Å². The third-order valence-electron chi connectivity index (χ3n) is 2.59. The topological polar surface area (TPSA) is 0 Å². The largest absolute Gasteiger partial charge is 0.206 e. The summed E-state index contributed by atoms with van der Waals surface area (Å²) in [5, 5.41) is 0. The van der Waals surface area contributed by atoms with Gasteiger partial charge < -0.3 is 0 Å². The summed E-state index contributed by atoms with van der Waals surface area (Å²) in [4.78, 5) is 0. The lowest BCUT2D eigenvalue weighted by molar-refractivity contribution is 0.631. The standard InChI is InChI=1S/C15H13F/c1-3-12-6-9-15(16)14(10-12)13-7-4-11(2)5-8-13/h3-10H,1H2,2H3.